The van der Waals surface area contributed by atoms with Crippen LogP contribution < -0.4 is 5.32 Å². The van der Waals surface area contributed by atoms with Crippen LogP contribution in [0.2, 0.25) is 5.02 Å². The summed E-state index contributed by atoms with van der Waals surface area (Å²) >= 11 is 6.25. The van der Waals surface area contributed by atoms with Gasteiger partial charge in [-0.3, -0.25) is 4.98 Å². The second-order valence-electron chi connectivity index (χ2n) is 5.03. The summed E-state index contributed by atoms with van der Waals surface area (Å²) in [6.07, 6.45) is 3.71. The molecule has 0 spiro atoms. The van der Waals surface area contributed by atoms with Crippen molar-refractivity contribution in [1.29, 1.82) is 0 Å². The van der Waals surface area contributed by atoms with Crippen molar-refractivity contribution in [2.75, 3.05) is 0 Å². The average Bonchev–Trinajstić information content (AvgIpc) is 2.38. The molecule has 2 nitrogen and oxygen atoms in total. The molecule has 0 atom stereocenters. The smallest absolute Gasteiger partial charge is 0.0451 e. The summed E-state index contributed by atoms with van der Waals surface area (Å²) in [5, 5.41) is 4.21. The van der Waals surface area contributed by atoms with E-state index in [1.165, 1.54) is 16.7 Å². The molecule has 1 N–H and O–H groups in total. The minimum absolute atomic E-state index is 0.447. The Morgan fingerprint density at radius 2 is 2.05 bits per heavy atom. The number of hydrogen-bond donors (Lipinski definition) is 1. The van der Waals surface area contributed by atoms with Crippen LogP contribution in [-0.2, 0) is 6.54 Å². The highest BCUT2D eigenvalue weighted by Gasteiger charge is 2.06. The first kappa shape index (κ1) is 14.0. The van der Waals surface area contributed by atoms with Crippen LogP contribution >= 0.6 is 11.6 Å². The molecular formula is C16H19ClN2. The van der Waals surface area contributed by atoms with Crippen molar-refractivity contribution in [1.82, 2.24) is 10.3 Å². The lowest BCUT2D eigenvalue weighted by Crippen LogP contribution is -2.22. The van der Waals surface area contributed by atoms with E-state index in [1.54, 1.807) is 0 Å². The molecule has 0 unspecified atom stereocenters. The minimum atomic E-state index is 0.447. The quantitative estimate of drug-likeness (QED) is 0.903. The van der Waals surface area contributed by atoms with Crippen LogP contribution in [0.5, 0.6) is 0 Å². The van der Waals surface area contributed by atoms with Crippen LogP contribution in [0.4, 0.5) is 0 Å². The first-order chi connectivity index (χ1) is 9.08. The number of pyridine rings is 1. The molecule has 0 saturated carbocycles. The van der Waals surface area contributed by atoms with Gasteiger partial charge in [0.15, 0.2) is 0 Å². The Balaban J connectivity index is 2.33. The van der Waals surface area contributed by atoms with E-state index in [1.807, 2.05) is 24.5 Å². The Morgan fingerprint density at radius 1 is 1.26 bits per heavy atom. The summed E-state index contributed by atoms with van der Waals surface area (Å²) in [7, 11) is 0. The molecule has 0 aliphatic carbocycles. The maximum Gasteiger partial charge on any atom is 0.0451 e. The molecule has 0 radical (unpaired) electrons. The summed E-state index contributed by atoms with van der Waals surface area (Å²) in [6.45, 7) is 7.12. The predicted molar refractivity (Wildman–Crippen MR) is 81.4 cm³/mol. The SMILES string of the molecule is Cc1cnccc1-c1ccc(Cl)c(CNC(C)C)c1. The average molecular weight is 275 g/mol. The van der Waals surface area contributed by atoms with Gasteiger partial charge in [-0.2, -0.15) is 0 Å². The van der Waals surface area contributed by atoms with Crippen LogP contribution in [0, 0.1) is 6.92 Å². The minimum Gasteiger partial charge on any atom is -0.310 e. The molecule has 0 aliphatic rings. The molecule has 0 fully saturated rings. The van der Waals surface area contributed by atoms with Gasteiger partial charge in [0, 0.05) is 30.0 Å². The van der Waals surface area contributed by atoms with E-state index in [2.05, 4.69) is 43.2 Å². The fourth-order valence-corrected chi connectivity index (χ4v) is 2.17. The summed E-state index contributed by atoms with van der Waals surface area (Å²) in [4.78, 5) is 4.13. The fraction of sp³-hybridized carbons (Fsp3) is 0.312. The Bertz CT molecular complexity index is 564. The number of halogens is 1. The largest absolute Gasteiger partial charge is 0.310 e. The highest BCUT2D eigenvalue weighted by molar-refractivity contribution is 6.31. The van der Waals surface area contributed by atoms with Crippen LogP contribution in [0.15, 0.2) is 36.7 Å². The lowest BCUT2D eigenvalue weighted by molar-refractivity contribution is 0.589. The highest BCUT2D eigenvalue weighted by Crippen LogP contribution is 2.27. The Labute approximate surface area is 119 Å². The van der Waals surface area contributed by atoms with Gasteiger partial charge >= 0.3 is 0 Å². The van der Waals surface area contributed by atoms with Crippen LogP contribution in [0.3, 0.4) is 0 Å². The van der Waals surface area contributed by atoms with Gasteiger partial charge in [0.2, 0.25) is 0 Å². The van der Waals surface area contributed by atoms with Gasteiger partial charge in [-0.15, -0.1) is 0 Å². The molecule has 0 saturated heterocycles. The number of aryl methyl sites for hydroxylation is 1. The van der Waals surface area contributed by atoms with Crippen molar-refractivity contribution >= 4 is 11.6 Å². The summed E-state index contributed by atoms with van der Waals surface area (Å²) in [6, 6.07) is 8.66. The zero-order chi connectivity index (χ0) is 13.8. The van der Waals surface area contributed by atoms with Gasteiger partial charge in [0.05, 0.1) is 0 Å². The van der Waals surface area contributed by atoms with Gasteiger partial charge in [-0.05, 0) is 47.4 Å². The van der Waals surface area contributed by atoms with Crippen LogP contribution in [0.25, 0.3) is 11.1 Å². The second kappa shape index (κ2) is 6.18. The number of nitrogens with one attached hydrogen (secondary N) is 1. The number of aromatic nitrogens is 1. The summed E-state index contributed by atoms with van der Waals surface area (Å²) in [5.74, 6) is 0. The van der Waals surface area contributed by atoms with E-state index in [0.29, 0.717) is 6.04 Å². The molecule has 2 aromatic rings. The second-order valence-corrected chi connectivity index (χ2v) is 5.44. The van der Waals surface area contributed by atoms with E-state index < -0.39 is 0 Å². The molecule has 2 rings (SSSR count). The van der Waals surface area contributed by atoms with Gasteiger partial charge in [0.25, 0.3) is 0 Å². The normalized spacial score (nSPS) is 11.0. The third-order valence-electron chi connectivity index (χ3n) is 3.08. The van der Waals surface area contributed by atoms with Gasteiger partial charge in [-0.1, -0.05) is 31.5 Å². The van der Waals surface area contributed by atoms with Crippen molar-refractivity contribution in [2.45, 2.75) is 33.4 Å². The van der Waals surface area contributed by atoms with E-state index >= 15 is 0 Å². The highest BCUT2D eigenvalue weighted by atomic mass is 35.5. The van der Waals surface area contributed by atoms with Crippen molar-refractivity contribution in [3.8, 4) is 11.1 Å². The zero-order valence-electron chi connectivity index (χ0n) is 11.6. The fourth-order valence-electron chi connectivity index (χ4n) is 1.99. The Kier molecular flexibility index (Phi) is 4.56. The third-order valence-corrected chi connectivity index (χ3v) is 3.45. The first-order valence-electron chi connectivity index (χ1n) is 6.50. The van der Waals surface area contributed by atoms with E-state index in [9.17, 15) is 0 Å². The van der Waals surface area contributed by atoms with Gasteiger partial charge < -0.3 is 5.32 Å². The number of nitrogens with zero attached hydrogens (tertiary/aromatic N) is 1. The van der Waals surface area contributed by atoms with Crippen molar-refractivity contribution in [3.05, 3.63) is 52.8 Å². The summed E-state index contributed by atoms with van der Waals surface area (Å²) < 4.78 is 0. The zero-order valence-corrected chi connectivity index (χ0v) is 12.3. The first-order valence-corrected chi connectivity index (χ1v) is 6.88. The van der Waals surface area contributed by atoms with Crippen molar-refractivity contribution < 1.29 is 0 Å². The van der Waals surface area contributed by atoms with Gasteiger partial charge in [0.1, 0.15) is 0 Å². The predicted octanol–water partition coefficient (Wildman–Crippen LogP) is 4.21. The molecule has 0 bridgehead atoms. The maximum atomic E-state index is 6.25. The number of rotatable bonds is 4. The Morgan fingerprint density at radius 3 is 2.74 bits per heavy atom. The molecule has 1 aromatic heterocycles. The molecule has 1 heterocycles. The topological polar surface area (TPSA) is 24.9 Å². The standard InChI is InChI=1S/C16H19ClN2/c1-11(2)19-10-14-8-13(4-5-16(14)17)15-6-7-18-9-12(15)3/h4-9,11,19H,10H2,1-3H3. The molecule has 1 aromatic carbocycles. The van der Waals surface area contributed by atoms with Crippen molar-refractivity contribution in [3.63, 3.8) is 0 Å². The molecule has 19 heavy (non-hydrogen) atoms. The Hall–Kier alpha value is -1.38. The maximum absolute atomic E-state index is 6.25. The molecule has 3 heteroatoms. The lowest BCUT2D eigenvalue weighted by atomic mass is 10.0. The lowest BCUT2D eigenvalue weighted by Gasteiger charge is -2.12. The number of benzene rings is 1. The molecule has 0 amide bonds. The number of hydrogen-bond acceptors (Lipinski definition) is 2. The van der Waals surface area contributed by atoms with E-state index in [0.717, 1.165) is 17.1 Å². The molecule has 0 aliphatic heterocycles. The van der Waals surface area contributed by atoms with Crippen LogP contribution in [0.1, 0.15) is 25.0 Å². The van der Waals surface area contributed by atoms with Gasteiger partial charge in [-0.25, -0.2) is 0 Å². The van der Waals surface area contributed by atoms with E-state index in [-0.39, 0.29) is 0 Å². The van der Waals surface area contributed by atoms with E-state index in [4.69, 9.17) is 11.6 Å². The molecular weight excluding hydrogens is 256 g/mol. The van der Waals surface area contributed by atoms with Crippen LogP contribution in [-0.4, -0.2) is 11.0 Å². The monoisotopic (exact) mass is 274 g/mol. The van der Waals surface area contributed by atoms with Crippen molar-refractivity contribution in [2.24, 2.45) is 0 Å². The third kappa shape index (κ3) is 3.55. The summed E-state index contributed by atoms with van der Waals surface area (Å²) in [5.41, 5.74) is 4.69. The molecule has 100 valence electrons.